The molecule has 0 radical (unpaired) electrons. The lowest BCUT2D eigenvalue weighted by molar-refractivity contribution is -0.191. The molecule has 36 heavy (non-hydrogen) atoms. The maximum atomic E-state index is 11.8. The van der Waals surface area contributed by atoms with Crippen molar-refractivity contribution in [3.8, 4) is 5.75 Å². The van der Waals surface area contributed by atoms with E-state index in [0.717, 1.165) is 22.4 Å². The predicted molar refractivity (Wildman–Crippen MR) is 132 cm³/mol. The minimum Gasteiger partial charge on any atom is -0.497 e. The lowest BCUT2D eigenvalue weighted by Gasteiger charge is -2.37. The van der Waals surface area contributed by atoms with Crippen molar-refractivity contribution in [1.29, 1.82) is 0 Å². The van der Waals surface area contributed by atoms with Gasteiger partial charge in [-0.25, -0.2) is 0 Å². The van der Waals surface area contributed by atoms with Crippen molar-refractivity contribution >= 4 is 11.9 Å². The van der Waals surface area contributed by atoms with Gasteiger partial charge in [-0.05, 0) is 28.8 Å². The first-order valence-corrected chi connectivity index (χ1v) is 11.8. The molecule has 3 aromatic carbocycles. The van der Waals surface area contributed by atoms with Crippen LogP contribution in [0.5, 0.6) is 5.75 Å². The van der Waals surface area contributed by atoms with Crippen molar-refractivity contribution in [2.24, 2.45) is 5.92 Å². The highest BCUT2D eigenvalue weighted by molar-refractivity contribution is 5.67. The van der Waals surface area contributed by atoms with Gasteiger partial charge in [-0.3, -0.25) is 9.59 Å². The van der Waals surface area contributed by atoms with Gasteiger partial charge < -0.3 is 23.7 Å². The summed E-state index contributed by atoms with van der Waals surface area (Å²) in [6.07, 6.45) is -1.77. The summed E-state index contributed by atoms with van der Waals surface area (Å²) >= 11 is 0. The number of rotatable bonds is 9. The fraction of sp³-hybridized carbons (Fsp3) is 0.310. The smallest absolute Gasteiger partial charge is 0.305 e. The Morgan fingerprint density at radius 2 is 1.33 bits per heavy atom. The Morgan fingerprint density at radius 3 is 1.83 bits per heavy atom. The number of benzene rings is 3. The second-order valence-electron chi connectivity index (χ2n) is 8.60. The van der Waals surface area contributed by atoms with Gasteiger partial charge in [-0.15, -0.1) is 0 Å². The third kappa shape index (κ3) is 5.42. The first kappa shape index (κ1) is 25.4. The molecule has 3 atom stereocenters. The molecule has 1 heterocycles. The first-order valence-electron chi connectivity index (χ1n) is 11.8. The number of ether oxygens (including phenoxy) is 5. The fourth-order valence-corrected chi connectivity index (χ4v) is 4.53. The van der Waals surface area contributed by atoms with E-state index in [1.165, 1.54) is 13.8 Å². The number of carbonyl (C=O) groups excluding carboxylic acids is 2. The van der Waals surface area contributed by atoms with E-state index in [-0.39, 0.29) is 19.1 Å². The average Bonchev–Trinajstić information content (AvgIpc) is 3.25. The first-order chi connectivity index (χ1) is 17.4. The Morgan fingerprint density at radius 1 is 0.806 bits per heavy atom. The monoisotopic (exact) mass is 490 g/mol. The van der Waals surface area contributed by atoms with Crippen molar-refractivity contribution in [2.45, 2.75) is 31.8 Å². The van der Waals surface area contributed by atoms with E-state index in [1.807, 2.05) is 84.9 Å². The maximum absolute atomic E-state index is 11.8. The lowest BCUT2D eigenvalue weighted by atomic mass is 9.80. The summed E-state index contributed by atoms with van der Waals surface area (Å²) in [5, 5.41) is 0. The van der Waals surface area contributed by atoms with Crippen molar-refractivity contribution in [3.63, 3.8) is 0 Å². The van der Waals surface area contributed by atoms with Gasteiger partial charge in [0.15, 0.2) is 6.10 Å². The van der Waals surface area contributed by atoms with Crippen LogP contribution in [-0.4, -0.2) is 44.7 Å². The Kier molecular flexibility index (Phi) is 8.03. The van der Waals surface area contributed by atoms with Crippen molar-refractivity contribution in [1.82, 2.24) is 0 Å². The molecule has 3 aromatic rings. The molecule has 1 fully saturated rings. The number of methoxy groups -OCH3 is 1. The molecule has 188 valence electrons. The standard InChI is InChI=1S/C29H30O7/c1-20(30)35-27-22(18-33-28(27)36-21(2)31)19-34-29(23-10-6-4-7-11-23,24-12-8-5-9-13-24)25-14-16-26(32-3)17-15-25/h4-17,22,27-28H,18-19H2,1-3H3/t22-,27+,28-/m1/s1. The van der Waals surface area contributed by atoms with Crippen LogP contribution in [0.4, 0.5) is 0 Å². The van der Waals surface area contributed by atoms with Crippen LogP contribution in [0.3, 0.4) is 0 Å². The Bertz CT molecular complexity index is 1110. The molecule has 7 nitrogen and oxygen atoms in total. The molecule has 0 spiro atoms. The zero-order valence-corrected chi connectivity index (χ0v) is 20.6. The molecule has 0 N–H and O–H groups in total. The molecule has 0 aromatic heterocycles. The zero-order chi connectivity index (χ0) is 25.5. The molecule has 1 aliphatic heterocycles. The molecule has 7 heteroatoms. The molecular weight excluding hydrogens is 460 g/mol. The summed E-state index contributed by atoms with van der Waals surface area (Å²) in [6, 6.07) is 27.6. The molecule has 1 aliphatic rings. The van der Waals surface area contributed by atoms with Gasteiger partial charge in [0.1, 0.15) is 11.4 Å². The van der Waals surface area contributed by atoms with E-state index in [4.69, 9.17) is 23.7 Å². The molecule has 0 unspecified atom stereocenters. The number of hydrogen-bond donors (Lipinski definition) is 0. The van der Waals surface area contributed by atoms with E-state index in [2.05, 4.69) is 0 Å². The topological polar surface area (TPSA) is 80.3 Å². The van der Waals surface area contributed by atoms with Crippen LogP contribution in [-0.2, 0) is 34.1 Å². The van der Waals surface area contributed by atoms with E-state index >= 15 is 0 Å². The van der Waals surface area contributed by atoms with Gasteiger partial charge in [-0.2, -0.15) is 0 Å². The molecule has 1 saturated heterocycles. The second kappa shape index (κ2) is 11.4. The minimum absolute atomic E-state index is 0.172. The van der Waals surface area contributed by atoms with E-state index in [1.54, 1.807) is 7.11 Å². The number of esters is 2. The summed E-state index contributed by atoms with van der Waals surface area (Å²) in [7, 11) is 1.63. The van der Waals surface area contributed by atoms with Crippen molar-refractivity contribution < 1.29 is 33.3 Å². The quantitative estimate of drug-likeness (QED) is 0.323. The minimum atomic E-state index is -0.983. The summed E-state index contributed by atoms with van der Waals surface area (Å²) < 4.78 is 28.7. The predicted octanol–water partition coefficient (Wildman–Crippen LogP) is 4.47. The van der Waals surface area contributed by atoms with Crippen LogP contribution in [0.15, 0.2) is 84.9 Å². The lowest BCUT2D eigenvalue weighted by Crippen LogP contribution is -2.39. The summed E-state index contributed by atoms with van der Waals surface area (Å²) in [5.41, 5.74) is 1.79. The zero-order valence-electron chi connectivity index (χ0n) is 20.6. The highest BCUT2D eigenvalue weighted by Gasteiger charge is 2.45. The number of carbonyl (C=O) groups is 2. The van der Waals surface area contributed by atoms with Crippen LogP contribution < -0.4 is 4.74 Å². The highest BCUT2D eigenvalue weighted by Crippen LogP contribution is 2.42. The normalized spacial score (nSPS) is 19.5. The van der Waals surface area contributed by atoms with E-state index < -0.39 is 29.9 Å². The van der Waals surface area contributed by atoms with Crippen LogP contribution in [0.25, 0.3) is 0 Å². The maximum Gasteiger partial charge on any atom is 0.305 e. The molecule has 0 saturated carbocycles. The van der Waals surface area contributed by atoms with Gasteiger partial charge in [0.2, 0.25) is 6.29 Å². The summed E-state index contributed by atoms with van der Waals surface area (Å²) in [6.45, 7) is 2.98. The van der Waals surface area contributed by atoms with Crippen LogP contribution in [0.2, 0.25) is 0 Å². The molecule has 0 bridgehead atoms. The highest BCUT2D eigenvalue weighted by atomic mass is 16.7. The van der Waals surface area contributed by atoms with Gasteiger partial charge in [0, 0.05) is 19.8 Å². The second-order valence-corrected chi connectivity index (χ2v) is 8.60. The molecule has 0 amide bonds. The van der Waals surface area contributed by atoms with Gasteiger partial charge in [0.05, 0.1) is 20.3 Å². The van der Waals surface area contributed by atoms with E-state index in [0.29, 0.717) is 0 Å². The fourth-order valence-electron chi connectivity index (χ4n) is 4.53. The number of hydrogen-bond acceptors (Lipinski definition) is 7. The average molecular weight is 491 g/mol. The van der Waals surface area contributed by atoms with Gasteiger partial charge >= 0.3 is 11.9 Å². The van der Waals surface area contributed by atoms with Crippen LogP contribution in [0, 0.1) is 5.92 Å². The van der Waals surface area contributed by atoms with Gasteiger partial charge in [-0.1, -0.05) is 72.8 Å². The molecule has 0 aliphatic carbocycles. The Labute approximate surface area is 210 Å². The third-order valence-electron chi connectivity index (χ3n) is 6.16. The van der Waals surface area contributed by atoms with Crippen molar-refractivity contribution in [3.05, 3.63) is 102 Å². The molecular formula is C29H30O7. The Balaban J connectivity index is 1.76. The molecule has 4 rings (SSSR count). The summed E-state index contributed by atoms with van der Waals surface area (Å²) in [5.74, 6) is -0.625. The SMILES string of the molecule is COc1ccc(C(OC[C@H]2CO[C@H](OC(C)=O)[C@H]2OC(C)=O)(c2ccccc2)c2ccccc2)cc1. The van der Waals surface area contributed by atoms with Crippen LogP contribution >= 0.6 is 0 Å². The van der Waals surface area contributed by atoms with Gasteiger partial charge in [0.25, 0.3) is 0 Å². The third-order valence-corrected chi connectivity index (χ3v) is 6.16. The van der Waals surface area contributed by atoms with Crippen molar-refractivity contribution in [2.75, 3.05) is 20.3 Å². The van der Waals surface area contributed by atoms with E-state index in [9.17, 15) is 9.59 Å². The van der Waals surface area contributed by atoms with Crippen LogP contribution in [0.1, 0.15) is 30.5 Å². The largest absolute Gasteiger partial charge is 0.497 e. The summed E-state index contributed by atoms with van der Waals surface area (Å²) in [4.78, 5) is 23.4. The Hall–Kier alpha value is -3.68.